The van der Waals surface area contributed by atoms with E-state index in [1.807, 2.05) is 0 Å². The molecule has 3 N–H and O–H groups in total. The molecule has 164 valence electrons. The maximum Gasteiger partial charge on any atom is 0.336 e. The van der Waals surface area contributed by atoms with Gasteiger partial charge in [-0.05, 0) is 18.6 Å². The molecule has 1 aliphatic heterocycles. The third-order valence-electron chi connectivity index (χ3n) is 5.42. The van der Waals surface area contributed by atoms with Crippen LogP contribution >= 0.6 is 0 Å². The lowest BCUT2D eigenvalue weighted by Crippen LogP contribution is -2.22. The minimum absolute atomic E-state index is 0.0766. The zero-order chi connectivity index (χ0) is 23.2. The lowest BCUT2D eigenvalue weighted by molar-refractivity contribution is 0.346. The average molecular weight is 436 g/mol. The van der Waals surface area contributed by atoms with Crippen LogP contribution in [0.5, 0.6) is 28.7 Å². The van der Waals surface area contributed by atoms with Gasteiger partial charge in [-0.15, -0.1) is 0 Å². The molecule has 1 aromatic heterocycles. The van der Waals surface area contributed by atoms with Crippen LogP contribution in [0.15, 0.2) is 44.9 Å². The van der Waals surface area contributed by atoms with Crippen LogP contribution in [0.3, 0.4) is 0 Å². The van der Waals surface area contributed by atoms with Crippen LogP contribution < -0.4 is 30.3 Å². The Kier molecular flexibility index (Phi) is 5.06. The lowest BCUT2D eigenvalue weighted by atomic mass is 9.81. The molecule has 1 aliphatic rings. The summed E-state index contributed by atoms with van der Waals surface area (Å²) in [5.74, 6) is 0.180. The van der Waals surface area contributed by atoms with Crippen molar-refractivity contribution in [2.24, 2.45) is 5.73 Å². The number of fused-ring (bicyclic) bond motifs is 3. The fraction of sp³-hybridized carbons (Fsp3) is 0.217. The van der Waals surface area contributed by atoms with E-state index in [0.29, 0.717) is 33.8 Å². The predicted octanol–water partition coefficient (Wildman–Crippen LogP) is 3.05. The second-order valence-corrected chi connectivity index (χ2v) is 7.13. The van der Waals surface area contributed by atoms with Crippen LogP contribution in [0.25, 0.3) is 11.0 Å². The second kappa shape index (κ2) is 7.74. The number of ether oxygens (including phenoxy) is 4. The Morgan fingerprint density at radius 1 is 1.06 bits per heavy atom. The molecule has 32 heavy (non-hydrogen) atoms. The number of hydrogen-bond acceptors (Lipinski definition) is 9. The molecule has 3 aromatic rings. The molecule has 0 bridgehead atoms. The van der Waals surface area contributed by atoms with Gasteiger partial charge in [0.15, 0.2) is 11.5 Å². The molecule has 0 radical (unpaired) electrons. The molecule has 0 amide bonds. The van der Waals surface area contributed by atoms with E-state index in [1.54, 1.807) is 19.1 Å². The topological polar surface area (TPSA) is 137 Å². The van der Waals surface area contributed by atoms with Gasteiger partial charge in [0.25, 0.3) is 0 Å². The summed E-state index contributed by atoms with van der Waals surface area (Å²) < 4.78 is 27.4. The van der Waals surface area contributed by atoms with Gasteiger partial charge in [-0.25, -0.2) is 4.79 Å². The van der Waals surface area contributed by atoms with E-state index in [4.69, 9.17) is 29.1 Å². The van der Waals surface area contributed by atoms with Gasteiger partial charge in [0, 0.05) is 23.8 Å². The number of nitrogens with two attached hydrogens (primary N) is 1. The first kappa shape index (κ1) is 20.9. The van der Waals surface area contributed by atoms with E-state index in [0.717, 1.165) is 0 Å². The van der Waals surface area contributed by atoms with E-state index in [2.05, 4.69) is 6.07 Å². The van der Waals surface area contributed by atoms with Crippen molar-refractivity contribution in [3.8, 4) is 34.8 Å². The number of rotatable bonds is 4. The van der Waals surface area contributed by atoms with Crippen LogP contribution in [-0.2, 0) is 0 Å². The minimum Gasteiger partial charge on any atom is -0.507 e. The van der Waals surface area contributed by atoms with Gasteiger partial charge in [-0.2, -0.15) is 5.26 Å². The largest absolute Gasteiger partial charge is 0.507 e. The van der Waals surface area contributed by atoms with Crippen molar-refractivity contribution < 1.29 is 28.5 Å². The Balaban J connectivity index is 2.13. The first-order valence-corrected chi connectivity index (χ1v) is 9.52. The molecular weight excluding hydrogens is 416 g/mol. The molecule has 9 nitrogen and oxygen atoms in total. The summed E-state index contributed by atoms with van der Waals surface area (Å²) in [6.45, 7) is 1.71. The smallest absolute Gasteiger partial charge is 0.336 e. The molecule has 0 unspecified atom stereocenters. The lowest BCUT2D eigenvalue weighted by Gasteiger charge is -2.29. The highest BCUT2D eigenvalue weighted by molar-refractivity contribution is 5.91. The maximum atomic E-state index is 11.8. The second-order valence-electron chi connectivity index (χ2n) is 7.13. The van der Waals surface area contributed by atoms with E-state index >= 15 is 0 Å². The molecule has 0 aliphatic carbocycles. The zero-order valence-corrected chi connectivity index (χ0v) is 17.8. The Labute approximate surface area is 182 Å². The molecule has 2 aromatic carbocycles. The molecule has 0 spiro atoms. The Hall–Kier alpha value is -4.32. The van der Waals surface area contributed by atoms with Crippen molar-refractivity contribution in [2.45, 2.75) is 12.8 Å². The van der Waals surface area contributed by atoms with Crippen LogP contribution in [0.2, 0.25) is 0 Å². The number of nitrogens with zero attached hydrogens (tertiary/aromatic N) is 1. The monoisotopic (exact) mass is 436 g/mol. The Morgan fingerprint density at radius 3 is 2.34 bits per heavy atom. The maximum absolute atomic E-state index is 11.8. The summed E-state index contributed by atoms with van der Waals surface area (Å²) >= 11 is 0. The number of benzene rings is 2. The number of methoxy groups -OCH3 is 3. The van der Waals surface area contributed by atoms with Gasteiger partial charge in [-0.3, -0.25) is 0 Å². The van der Waals surface area contributed by atoms with E-state index in [9.17, 15) is 15.2 Å². The molecule has 0 saturated heterocycles. The number of hydrogen-bond donors (Lipinski definition) is 2. The van der Waals surface area contributed by atoms with Gasteiger partial charge >= 0.3 is 5.63 Å². The van der Waals surface area contributed by atoms with Gasteiger partial charge in [0.2, 0.25) is 5.88 Å². The molecule has 4 rings (SSSR count). The molecule has 2 heterocycles. The summed E-state index contributed by atoms with van der Waals surface area (Å²) in [6.07, 6.45) is 0. The van der Waals surface area contributed by atoms with E-state index < -0.39 is 11.5 Å². The third kappa shape index (κ3) is 3.04. The summed E-state index contributed by atoms with van der Waals surface area (Å²) in [5, 5.41) is 21.3. The standard InChI is InChI=1S/C23H20N2O7/c1-10-5-18(27)31-17-7-13(26)21-20(12(9-24)23(25)32-22(21)19(10)17)11-6-15(29-3)16(30-4)8-14(11)28-2/h5-8,20,26H,25H2,1-4H3/t20-/m0/s1. The summed E-state index contributed by atoms with van der Waals surface area (Å²) in [6, 6.07) is 7.99. The molecular formula is C23H20N2O7. The SMILES string of the molecule is COc1cc(OC)c([C@H]2C(C#N)=C(N)Oc3c2c(O)cc2oc(=O)cc(C)c32)cc1OC. The summed E-state index contributed by atoms with van der Waals surface area (Å²) in [4.78, 5) is 11.8. The van der Waals surface area contributed by atoms with Crippen LogP contribution in [0, 0.1) is 18.3 Å². The normalized spacial score (nSPS) is 15.0. The Bertz CT molecular complexity index is 1380. The molecule has 0 fully saturated rings. The number of nitriles is 1. The quantitative estimate of drug-likeness (QED) is 0.591. The average Bonchev–Trinajstić information content (AvgIpc) is 2.76. The van der Waals surface area contributed by atoms with Crippen molar-refractivity contribution in [1.29, 1.82) is 5.26 Å². The van der Waals surface area contributed by atoms with E-state index in [1.165, 1.54) is 33.5 Å². The highest BCUT2D eigenvalue weighted by Gasteiger charge is 2.37. The summed E-state index contributed by atoms with van der Waals surface area (Å²) in [5.41, 5.74) is 7.13. The number of phenols is 1. The highest BCUT2D eigenvalue weighted by atomic mass is 16.5. The van der Waals surface area contributed by atoms with Crippen LogP contribution in [-0.4, -0.2) is 26.4 Å². The molecule has 9 heteroatoms. The molecule has 1 atom stereocenters. The molecule has 0 saturated carbocycles. The van der Waals surface area contributed by atoms with Crippen molar-refractivity contribution in [3.63, 3.8) is 0 Å². The van der Waals surface area contributed by atoms with Gasteiger partial charge < -0.3 is 34.2 Å². The van der Waals surface area contributed by atoms with Crippen molar-refractivity contribution >= 4 is 11.0 Å². The van der Waals surface area contributed by atoms with Gasteiger partial charge in [0.1, 0.15) is 34.5 Å². The van der Waals surface area contributed by atoms with E-state index in [-0.39, 0.29) is 34.1 Å². The highest BCUT2D eigenvalue weighted by Crippen LogP contribution is 2.53. The fourth-order valence-electron chi connectivity index (χ4n) is 4.02. The predicted molar refractivity (Wildman–Crippen MR) is 114 cm³/mol. The first-order chi connectivity index (χ1) is 15.3. The third-order valence-corrected chi connectivity index (χ3v) is 5.42. The summed E-state index contributed by atoms with van der Waals surface area (Å²) in [7, 11) is 4.45. The van der Waals surface area contributed by atoms with Crippen molar-refractivity contribution in [2.75, 3.05) is 21.3 Å². The zero-order valence-electron chi connectivity index (χ0n) is 17.8. The van der Waals surface area contributed by atoms with Crippen LogP contribution in [0.1, 0.15) is 22.6 Å². The van der Waals surface area contributed by atoms with Crippen molar-refractivity contribution in [1.82, 2.24) is 0 Å². The Morgan fingerprint density at radius 2 is 1.72 bits per heavy atom. The van der Waals surface area contributed by atoms with Crippen LogP contribution in [0.4, 0.5) is 0 Å². The number of allylic oxidation sites excluding steroid dienone is 1. The van der Waals surface area contributed by atoms with Crippen molar-refractivity contribution in [3.05, 3.63) is 62.8 Å². The van der Waals surface area contributed by atoms with Gasteiger partial charge in [-0.1, -0.05) is 0 Å². The van der Waals surface area contributed by atoms with Gasteiger partial charge in [0.05, 0.1) is 38.2 Å². The number of phenolic OH excluding ortho intramolecular Hbond substituents is 1. The number of aryl methyl sites for hydroxylation is 1. The number of aromatic hydroxyl groups is 1. The minimum atomic E-state index is -0.853. The fourth-order valence-corrected chi connectivity index (χ4v) is 4.02. The first-order valence-electron chi connectivity index (χ1n) is 9.52.